The van der Waals surface area contributed by atoms with Gasteiger partial charge >= 0.3 is 0 Å². The van der Waals surface area contributed by atoms with Crippen molar-refractivity contribution in [2.75, 3.05) is 0 Å². The minimum atomic E-state index is -0.876. The summed E-state index contributed by atoms with van der Waals surface area (Å²) in [5, 5.41) is 0. The van der Waals surface area contributed by atoms with Crippen molar-refractivity contribution in [1.82, 2.24) is 0 Å². The van der Waals surface area contributed by atoms with Gasteiger partial charge in [-0.05, 0) is 19.8 Å². The lowest BCUT2D eigenvalue weighted by atomic mass is 9.92. The van der Waals surface area contributed by atoms with Crippen molar-refractivity contribution in [2.45, 2.75) is 83.2 Å². The molecule has 0 bridgehead atoms. The van der Waals surface area contributed by atoms with E-state index < -0.39 is 5.67 Å². The van der Waals surface area contributed by atoms with Crippen LogP contribution in [0.3, 0.4) is 0 Å². The number of alkyl halides is 1. The maximum absolute atomic E-state index is 13.9. The summed E-state index contributed by atoms with van der Waals surface area (Å²) in [5.41, 5.74) is -0.876. The zero-order valence-electron chi connectivity index (χ0n) is 9.66. The summed E-state index contributed by atoms with van der Waals surface area (Å²) in [6.45, 7) is 1.79. The van der Waals surface area contributed by atoms with Gasteiger partial charge in [0.1, 0.15) is 5.67 Å². The number of rotatable bonds is 0. The van der Waals surface area contributed by atoms with Crippen LogP contribution in [-0.2, 0) is 0 Å². The normalized spacial score (nSPS) is 26.1. The first kappa shape index (κ1) is 12.0. The number of hydrogen-bond donors (Lipinski definition) is 0. The molecule has 1 saturated carbocycles. The highest BCUT2D eigenvalue weighted by molar-refractivity contribution is 4.73. The molecule has 1 fully saturated rings. The summed E-state index contributed by atoms with van der Waals surface area (Å²) in [5.74, 6) is 0. The van der Waals surface area contributed by atoms with Crippen LogP contribution < -0.4 is 0 Å². The maximum Gasteiger partial charge on any atom is 0.108 e. The van der Waals surface area contributed by atoms with Crippen molar-refractivity contribution in [3.05, 3.63) is 0 Å². The fourth-order valence-electron chi connectivity index (χ4n) is 2.35. The molecule has 14 heavy (non-hydrogen) atoms. The second-order valence-corrected chi connectivity index (χ2v) is 5.10. The summed E-state index contributed by atoms with van der Waals surface area (Å²) in [6, 6.07) is 0. The van der Waals surface area contributed by atoms with Crippen LogP contribution in [0, 0.1) is 0 Å². The highest BCUT2D eigenvalue weighted by Crippen LogP contribution is 2.27. The smallest absolute Gasteiger partial charge is 0.108 e. The number of hydrogen-bond acceptors (Lipinski definition) is 0. The van der Waals surface area contributed by atoms with Crippen molar-refractivity contribution < 1.29 is 4.39 Å². The first-order chi connectivity index (χ1) is 6.71. The van der Waals surface area contributed by atoms with Gasteiger partial charge in [0.25, 0.3) is 0 Å². The standard InChI is InChI=1S/C13H25F/c1-13(14)11-9-7-5-3-2-4-6-8-10-12-13/h2-12H2,1H3. The highest BCUT2D eigenvalue weighted by Gasteiger charge is 2.21. The van der Waals surface area contributed by atoms with Gasteiger partial charge in [0.2, 0.25) is 0 Å². The largest absolute Gasteiger partial charge is 0.244 e. The molecule has 0 aliphatic heterocycles. The maximum atomic E-state index is 13.9. The van der Waals surface area contributed by atoms with Crippen LogP contribution in [0.1, 0.15) is 77.6 Å². The lowest BCUT2D eigenvalue weighted by molar-refractivity contribution is 0.150. The molecule has 0 saturated heterocycles. The Balaban J connectivity index is 2.24. The molecule has 1 heteroatoms. The third kappa shape index (κ3) is 5.62. The molecule has 0 aromatic rings. The zero-order chi connectivity index (χ0) is 10.3. The van der Waals surface area contributed by atoms with Crippen molar-refractivity contribution >= 4 is 0 Å². The van der Waals surface area contributed by atoms with Crippen LogP contribution in [0.4, 0.5) is 4.39 Å². The predicted molar refractivity (Wildman–Crippen MR) is 60.3 cm³/mol. The van der Waals surface area contributed by atoms with Gasteiger partial charge < -0.3 is 0 Å². The summed E-state index contributed by atoms with van der Waals surface area (Å²) < 4.78 is 13.9. The fourth-order valence-corrected chi connectivity index (χ4v) is 2.35. The molecule has 1 aliphatic carbocycles. The van der Waals surface area contributed by atoms with Crippen LogP contribution in [0.2, 0.25) is 0 Å². The van der Waals surface area contributed by atoms with E-state index in [4.69, 9.17) is 0 Å². The Morgan fingerprint density at radius 3 is 1.29 bits per heavy atom. The van der Waals surface area contributed by atoms with Crippen LogP contribution in [-0.4, -0.2) is 5.67 Å². The van der Waals surface area contributed by atoms with Gasteiger partial charge in [0.15, 0.2) is 0 Å². The highest BCUT2D eigenvalue weighted by atomic mass is 19.1. The zero-order valence-corrected chi connectivity index (χ0v) is 9.66. The molecule has 0 N–H and O–H groups in total. The van der Waals surface area contributed by atoms with E-state index in [0.29, 0.717) is 0 Å². The Labute approximate surface area is 88.3 Å². The third-order valence-corrected chi connectivity index (χ3v) is 3.40. The van der Waals surface area contributed by atoms with Gasteiger partial charge in [-0.3, -0.25) is 0 Å². The topological polar surface area (TPSA) is 0 Å². The molecule has 0 heterocycles. The molecule has 0 amide bonds. The molecule has 0 atom stereocenters. The summed E-state index contributed by atoms with van der Waals surface area (Å²) >= 11 is 0. The molecule has 0 nitrogen and oxygen atoms in total. The molecule has 0 radical (unpaired) electrons. The van der Waals surface area contributed by atoms with Crippen molar-refractivity contribution in [3.63, 3.8) is 0 Å². The van der Waals surface area contributed by atoms with Gasteiger partial charge in [-0.2, -0.15) is 0 Å². The quantitative estimate of drug-likeness (QED) is 0.515. The van der Waals surface area contributed by atoms with Crippen molar-refractivity contribution in [1.29, 1.82) is 0 Å². The molecule has 1 aliphatic rings. The molecule has 0 unspecified atom stereocenters. The van der Waals surface area contributed by atoms with Gasteiger partial charge in [0.05, 0.1) is 0 Å². The SMILES string of the molecule is CC1(F)CCCCCCCCCCC1. The molecular formula is C13H25F. The van der Waals surface area contributed by atoms with E-state index in [0.717, 1.165) is 25.7 Å². The molecule has 84 valence electrons. The Morgan fingerprint density at radius 1 is 0.643 bits per heavy atom. The Morgan fingerprint density at radius 2 is 0.929 bits per heavy atom. The second kappa shape index (κ2) is 6.42. The van der Waals surface area contributed by atoms with Crippen LogP contribution >= 0.6 is 0 Å². The van der Waals surface area contributed by atoms with E-state index in [1.165, 1.54) is 44.9 Å². The van der Waals surface area contributed by atoms with E-state index in [2.05, 4.69) is 0 Å². The first-order valence-electron chi connectivity index (χ1n) is 6.40. The Kier molecular flexibility index (Phi) is 5.50. The first-order valence-corrected chi connectivity index (χ1v) is 6.40. The molecule has 0 aromatic carbocycles. The minimum Gasteiger partial charge on any atom is -0.244 e. The van der Waals surface area contributed by atoms with Gasteiger partial charge in [0, 0.05) is 0 Å². The predicted octanol–water partition coefficient (Wildman–Crippen LogP) is 5.02. The van der Waals surface area contributed by atoms with Crippen molar-refractivity contribution in [2.24, 2.45) is 0 Å². The average Bonchev–Trinajstić information content (AvgIpc) is 2.11. The minimum absolute atomic E-state index is 0.785. The van der Waals surface area contributed by atoms with E-state index in [1.807, 2.05) is 0 Å². The average molecular weight is 200 g/mol. The number of halogens is 1. The summed E-state index contributed by atoms with van der Waals surface area (Å²) in [7, 11) is 0. The van der Waals surface area contributed by atoms with Gasteiger partial charge in [-0.1, -0.05) is 57.8 Å². The van der Waals surface area contributed by atoms with Crippen LogP contribution in [0.5, 0.6) is 0 Å². The summed E-state index contributed by atoms with van der Waals surface area (Å²) in [4.78, 5) is 0. The Bertz CT molecular complexity index is 126. The van der Waals surface area contributed by atoms with E-state index in [1.54, 1.807) is 6.92 Å². The van der Waals surface area contributed by atoms with Crippen LogP contribution in [0.25, 0.3) is 0 Å². The van der Waals surface area contributed by atoms with E-state index in [9.17, 15) is 4.39 Å². The van der Waals surface area contributed by atoms with Gasteiger partial charge in [-0.15, -0.1) is 0 Å². The molecular weight excluding hydrogens is 175 g/mol. The monoisotopic (exact) mass is 200 g/mol. The van der Waals surface area contributed by atoms with E-state index in [-0.39, 0.29) is 0 Å². The lowest BCUT2D eigenvalue weighted by Crippen LogP contribution is -2.17. The van der Waals surface area contributed by atoms with Crippen LogP contribution in [0.15, 0.2) is 0 Å². The summed E-state index contributed by atoms with van der Waals surface area (Å²) in [6.07, 6.45) is 13.0. The van der Waals surface area contributed by atoms with Gasteiger partial charge in [-0.25, -0.2) is 4.39 Å². The fraction of sp³-hybridized carbons (Fsp3) is 1.00. The molecule has 0 spiro atoms. The third-order valence-electron chi connectivity index (χ3n) is 3.40. The molecule has 0 aromatic heterocycles. The van der Waals surface area contributed by atoms with Crippen molar-refractivity contribution in [3.8, 4) is 0 Å². The second-order valence-electron chi connectivity index (χ2n) is 5.10. The molecule has 1 rings (SSSR count). The Hall–Kier alpha value is -0.0700. The lowest BCUT2D eigenvalue weighted by Gasteiger charge is -2.20. The van der Waals surface area contributed by atoms with E-state index >= 15 is 0 Å².